The number of thioether (sulfide) groups is 1. The third-order valence-electron chi connectivity index (χ3n) is 5.64. The van der Waals surface area contributed by atoms with Gasteiger partial charge in [0, 0.05) is 29.4 Å². The lowest BCUT2D eigenvalue weighted by Crippen LogP contribution is -2.51. The summed E-state index contributed by atoms with van der Waals surface area (Å²) in [7, 11) is 0. The molecule has 0 radical (unpaired) electrons. The van der Waals surface area contributed by atoms with Gasteiger partial charge in [-0.05, 0) is 42.2 Å². The number of amides is 2. The van der Waals surface area contributed by atoms with Crippen molar-refractivity contribution in [2.24, 2.45) is 5.92 Å². The van der Waals surface area contributed by atoms with Gasteiger partial charge >= 0.3 is 0 Å². The first kappa shape index (κ1) is 26.8. The Labute approximate surface area is 218 Å². The molecule has 1 N–H and O–H groups in total. The number of carbonyl (C=O) groups excluding carboxylic acids is 2. The SMILES string of the molecule is Cc1ccc(SCC(=O)N(Cc2ccccc2Cl)[C@H](Cc2ccccc2)C(=O)NCC(C)C)cc1. The zero-order valence-corrected chi connectivity index (χ0v) is 22.1. The Morgan fingerprint density at radius 2 is 1.60 bits per heavy atom. The Morgan fingerprint density at radius 1 is 0.943 bits per heavy atom. The molecule has 3 aromatic carbocycles. The molecular weight excluding hydrogens is 476 g/mol. The maximum atomic E-state index is 13.7. The number of rotatable bonds is 11. The lowest BCUT2D eigenvalue weighted by atomic mass is 10.0. The van der Waals surface area contributed by atoms with Gasteiger partial charge in [0.1, 0.15) is 6.04 Å². The summed E-state index contributed by atoms with van der Waals surface area (Å²) in [6.07, 6.45) is 0.427. The molecule has 0 aliphatic rings. The van der Waals surface area contributed by atoms with Gasteiger partial charge in [0.2, 0.25) is 11.8 Å². The number of benzene rings is 3. The standard InChI is InChI=1S/C29H33ClN2O2S/c1-21(2)18-31-29(34)27(17-23-9-5-4-6-10-23)32(19-24-11-7-8-12-26(24)30)28(33)20-35-25-15-13-22(3)14-16-25/h4-16,21,27H,17-20H2,1-3H3,(H,31,34)/t27-/m1/s1. The number of hydrogen-bond acceptors (Lipinski definition) is 3. The van der Waals surface area contributed by atoms with Crippen molar-refractivity contribution in [3.8, 4) is 0 Å². The van der Waals surface area contributed by atoms with E-state index >= 15 is 0 Å². The molecule has 0 saturated heterocycles. The molecule has 0 aliphatic carbocycles. The molecule has 0 heterocycles. The van der Waals surface area contributed by atoms with Crippen LogP contribution in [0.3, 0.4) is 0 Å². The molecule has 0 aliphatic heterocycles. The van der Waals surface area contributed by atoms with Crippen molar-refractivity contribution in [1.29, 1.82) is 0 Å². The highest BCUT2D eigenvalue weighted by Crippen LogP contribution is 2.23. The van der Waals surface area contributed by atoms with Crippen LogP contribution in [0.5, 0.6) is 0 Å². The van der Waals surface area contributed by atoms with Crippen molar-refractivity contribution < 1.29 is 9.59 Å². The average molecular weight is 509 g/mol. The fourth-order valence-electron chi connectivity index (χ4n) is 3.65. The summed E-state index contributed by atoms with van der Waals surface area (Å²) in [5.74, 6) is 0.288. The largest absolute Gasteiger partial charge is 0.354 e. The molecule has 0 spiro atoms. The van der Waals surface area contributed by atoms with Gasteiger partial charge < -0.3 is 10.2 Å². The Hall–Kier alpha value is -2.76. The molecule has 1 atom stereocenters. The van der Waals surface area contributed by atoms with E-state index in [1.807, 2.05) is 85.8 Å². The Morgan fingerprint density at radius 3 is 2.26 bits per heavy atom. The summed E-state index contributed by atoms with van der Waals surface area (Å²) < 4.78 is 0. The molecule has 35 heavy (non-hydrogen) atoms. The first-order valence-corrected chi connectivity index (χ1v) is 13.2. The van der Waals surface area contributed by atoms with Crippen LogP contribution < -0.4 is 5.32 Å². The maximum absolute atomic E-state index is 13.7. The van der Waals surface area contributed by atoms with Crippen molar-refractivity contribution in [2.75, 3.05) is 12.3 Å². The second-order valence-electron chi connectivity index (χ2n) is 9.06. The minimum absolute atomic E-state index is 0.101. The van der Waals surface area contributed by atoms with Crippen molar-refractivity contribution in [1.82, 2.24) is 10.2 Å². The molecule has 184 valence electrons. The van der Waals surface area contributed by atoms with E-state index in [-0.39, 0.29) is 24.1 Å². The van der Waals surface area contributed by atoms with Crippen LogP contribution >= 0.6 is 23.4 Å². The first-order valence-electron chi connectivity index (χ1n) is 11.9. The van der Waals surface area contributed by atoms with Crippen LogP contribution in [0.2, 0.25) is 5.02 Å². The predicted octanol–water partition coefficient (Wildman–Crippen LogP) is 6.15. The smallest absolute Gasteiger partial charge is 0.243 e. The molecule has 3 rings (SSSR count). The summed E-state index contributed by atoms with van der Waals surface area (Å²) >= 11 is 7.94. The second-order valence-corrected chi connectivity index (χ2v) is 10.5. The van der Waals surface area contributed by atoms with Crippen LogP contribution in [-0.2, 0) is 22.6 Å². The van der Waals surface area contributed by atoms with Crippen LogP contribution in [0, 0.1) is 12.8 Å². The van der Waals surface area contributed by atoms with E-state index in [9.17, 15) is 9.59 Å². The number of halogens is 1. The monoisotopic (exact) mass is 508 g/mol. The maximum Gasteiger partial charge on any atom is 0.243 e. The van der Waals surface area contributed by atoms with Crippen molar-refractivity contribution in [3.63, 3.8) is 0 Å². The molecule has 0 fully saturated rings. The third-order valence-corrected chi connectivity index (χ3v) is 7.00. The third kappa shape index (κ3) is 8.44. The van der Waals surface area contributed by atoms with Crippen molar-refractivity contribution in [2.45, 2.75) is 44.7 Å². The summed E-state index contributed by atoms with van der Waals surface area (Å²) in [6.45, 7) is 6.96. The highest BCUT2D eigenvalue weighted by atomic mass is 35.5. The van der Waals surface area contributed by atoms with Gasteiger partial charge in [-0.2, -0.15) is 0 Å². The fourth-order valence-corrected chi connectivity index (χ4v) is 4.63. The quantitative estimate of drug-likeness (QED) is 0.316. The average Bonchev–Trinajstić information content (AvgIpc) is 2.85. The van der Waals surface area contributed by atoms with E-state index < -0.39 is 6.04 Å². The van der Waals surface area contributed by atoms with E-state index in [1.165, 1.54) is 17.3 Å². The molecule has 4 nitrogen and oxygen atoms in total. The topological polar surface area (TPSA) is 49.4 Å². The van der Waals surface area contributed by atoms with Crippen LogP contribution in [0.15, 0.2) is 83.8 Å². The first-order chi connectivity index (χ1) is 16.8. The van der Waals surface area contributed by atoms with Crippen LogP contribution in [-0.4, -0.2) is 35.1 Å². The number of hydrogen-bond donors (Lipinski definition) is 1. The van der Waals surface area contributed by atoms with E-state index in [2.05, 4.69) is 19.2 Å². The van der Waals surface area contributed by atoms with Gasteiger partial charge in [0.15, 0.2) is 0 Å². The van der Waals surface area contributed by atoms with Crippen LogP contribution in [0.1, 0.15) is 30.5 Å². The van der Waals surface area contributed by atoms with E-state index in [0.29, 0.717) is 23.9 Å². The Balaban J connectivity index is 1.90. The molecule has 2 amide bonds. The van der Waals surface area contributed by atoms with Gasteiger partial charge in [-0.1, -0.05) is 91.7 Å². The number of nitrogens with one attached hydrogen (secondary N) is 1. The van der Waals surface area contributed by atoms with Gasteiger partial charge in [0.25, 0.3) is 0 Å². The molecule has 6 heteroatoms. The summed E-state index contributed by atoms with van der Waals surface area (Å²) in [6, 6.07) is 24.7. The van der Waals surface area contributed by atoms with Gasteiger partial charge in [-0.15, -0.1) is 11.8 Å². The van der Waals surface area contributed by atoms with Gasteiger partial charge in [-0.3, -0.25) is 9.59 Å². The normalized spacial score (nSPS) is 11.8. The fraction of sp³-hybridized carbons (Fsp3) is 0.310. The lowest BCUT2D eigenvalue weighted by molar-refractivity contribution is -0.139. The van der Waals surface area contributed by atoms with Crippen LogP contribution in [0.25, 0.3) is 0 Å². The molecule has 0 unspecified atom stereocenters. The molecule has 0 bridgehead atoms. The predicted molar refractivity (Wildman–Crippen MR) is 146 cm³/mol. The summed E-state index contributed by atoms with van der Waals surface area (Å²) in [5.41, 5.74) is 2.99. The van der Waals surface area contributed by atoms with Crippen LogP contribution in [0.4, 0.5) is 0 Å². The van der Waals surface area contributed by atoms with Crippen molar-refractivity contribution in [3.05, 3.63) is 101 Å². The van der Waals surface area contributed by atoms with E-state index in [1.54, 1.807) is 4.90 Å². The molecule has 3 aromatic rings. The zero-order valence-electron chi connectivity index (χ0n) is 20.5. The number of aryl methyl sites for hydroxylation is 1. The Bertz CT molecular complexity index is 1100. The highest BCUT2D eigenvalue weighted by molar-refractivity contribution is 8.00. The number of carbonyl (C=O) groups is 2. The molecule has 0 aromatic heterocycles. The Kier molecular flexibility index (Phi) is 10.2. The summed E-state index contributed by atoms with van der Waals surface area (Å²) in [4.78, 5) is 29.8. The minimum atomic E-state index is -0.654. The highest BCUT2D eigenvalue weighted by Gasteiger charge is 2.30. The summed E-state index contributed by atoms with van der Waals surface area (Å²) in [5, 5.41) is 3.63. The van der Waals surface area contributed by atoms with Gasteiger partial charge in [0.05, 0.1) is 5.75 Å². The van der Waals surface area contributed by atoms with E-state index in [4.69, 9.17) is 11.6 Å². The van der Waals surface area contributed by atoms with Crippen molar-refractivity contribution >= 4 is 35.2 Å². The lowest BCUT2D eigenvalue weighted by Gasteiger charge is -2.32. The zero-order chi connectivity index (χ0) is 25.2. The van der Waals surface area contributed by atoms with Gasteiger partial charge in [-0.25, -0.2) is 0 Å². The van der Waals surface area contributed by atoms with E-state index in [0.717, 1.165) is 16.0 Å². The number of nitrogens with zero attached hydrogens (tertiary/aromatic N) is 1. The molecular formula is C29H33ClN2O2S. The molecule has 0 saturated carbocycles. The minimum Gasteiger partial charge on any atom is -0.354 e. The second kappa shape index (κ2) is 13.4.